The molecule has 1 aliphatic rings. The number of aryl methyl sites for hydroxylation is 1. The minimum atomic E-state index is 0.241. The quantitative estimate of drug-likeness (QED) is 0.389. The molecule has 5 nitrogen and oxygen atoms in total. The van der Waals surface area contributed by atoms with Crippen molar-refractivity contribution in [3.63, 3.8) is 0 Å². The Labute approximate surface area is 182 Å². The van der Waals surface area contributed by atoms with Crippen LogP contribution in [-0.4, -0.2) is 36.7 Å². The molecule has 0 unspecified atom stereocenters. The minimum Gasteiger partial charge on any atom is -0.381 e. The molecule has 2 aromatic carbocycles. The average molecular weight is 423 g/mol. The third-order valence-electron chi connectivity index (χ3n) is 5.48. The van der Waals surface area contributed by atoms with Gasteiger partial charge >= 0.3 is 0 Å². The number of hydrogen-bond acceptors (Lipinski definition) is 3. The number of amidine groups is 1. The van der Waals surface area contributed by atoms with Gasteiger partial charge in [0.1, 0.15) is 11.7 Å². The van der Waals surface area contributed by atoms with Crippen LogP contribution >= 0.6 is 11.6 Å². The van der Waals surface area contributed by atoms with Crippen molar-refractivity contribution < 1.29 is 4.74 Å². The topological polar surface area (TPSA) is 62.1 Å². The van der Waals surface area contributed by atoms with E-state index in [-0.39, 0.29) is 6.04 Å². The summed E-state index contributed by atoms with van der Waals surface area (Å²) in [5.41, 5.74) is 5.02. The fourth-order valence-corrected chi connectivity index (χ4v) is 4.17. The van der Waals surface area contributed by atoms with E-state index in [1.807, 2.05) is 31.3 Å². The molecule has 0 spiro atoms. The first-order valence-electron chi connectivity index (χ1n) is 10.3. The second-order valence-corrected chi connectivity index (χ2v) is 8.08. The molecular weight excluding hydrogens is 396 g/mol. The van der Waals surface area contributed by atoms with Crippen molar-refractivity contribution in [1.82, 2.24) is 9.88 Å². The largest absolute Gasteiger partial charge is 0.381 e. The maximum atomic E-state index is 8.93. The molecule has 3 N–H and O–H groups in total. The Kier molecular flexibility index (Phi) is 6.11. The zero-order chi connectivity index (χ0) is 21.1. The fraction of sp³-hybridized carbons (Fsp3) is 0.292. The van der Waals surface area contributed by atoms with Gasteiger partial charge in [0.25, 0.3) is 0 Å². The molecule has 3 aromatic rings. The van der Waals surface area contributed by atoms with Crippen molar-refractivity contribution >= 4 is 23.3 Å². The number of hydrogen-bond donors (Lipinski definition) is 3. The molecule has 1 saturated heterocycles. The highest BCUT2D eigenvalue weighted by molar-refractivity contribution is 6.30. The van der Waals surface area contributed by atoms with Crippen molar-refractivity contribution in [2.45, 2.75) is 25.8 Å². The van der Waals surface area contributed by atoms with Gasteiger partial charge < -0.3 is 19.9 Å². The lowest BCUT2D eigenvalue weighted by Gasteiger charge is -2.25. The van der Waals surface area contributed by atoms with Gasteiger partial charge in [0, 0.05) is 48.8 Å². The maximum absolute atomic E-state index is 8.93. The number of rotatable bonds is 5. The van der Waals surface area contributed by atoms with Crippen molar-refractivity contribution in [2.24, 2.45) is 0 Å². The van der Waals surface area contributed by atoms with E-state index in [1.54, 1.807) is 0 Å². The van der Waals surface area contributed by atoms with E-state index in [2.05, 4.69) is 52.6 Å². The van der Waals surface area contributed by atoms with E-state index in [4.69, 9.17) is 21.7 Å². The molecule has 1 aromatic heterocycles. The first-order chi connectivity index (χ1) is 14.6. The Balaban J connectivity index is 1.83. The van der Waals surface area contributed by atoms with E-state index >= 15 is 0 Å². The first kappa shape index (κ1) is 20.5. The number of benzene rings is 2. The molecule has 0 amide bonds. The summed E-state index contributed by atoms with van der Waals surface area (Å²) in [6.07, 6.45) is 3.90. The van der Waals surface area contributed by atoms with Crippen LogP contribution in [-0.2, 0) is 4.74 Å². The second-order valence-electron chi connectivity index (χ2n) is 7.64. The lowest BCUT2D eigenvalue weighted by Crippen LogP contribution is -2.39. The van der Waals surface area contributed by atoms with Gasteiger partial charge in [-0.2, -0.15) is 0 Å². The third kappa shape index (κ3) is 4.23. The summed E-state index contributed by atoms with van der Waals surface area (Å²) < 4.78 is 7.58. The smallest absolute Gasteiger partial charge is 0.130 e. The zero-order valence-corrected chi connectivity index (χ0v) is 18.1. The van der Waals surface area contributed by atoms with Gasteiger partial charge in [0.15, 0.2) is 0 Å². The van der Waals surface area contributed by atoms with Crippen LogP contribution in [0.1, 0.15) is 24.0 Å². The van der Waals surface area contributed by atoms with E-state index in [1.165, 1.54) is 5.56 Å². The average Bonchev–Trinajstić information content (AvgIpc) is 3.14. The van der Waals surface area contributed by atoms with Crippen LogP contribution in [0.2, 0.25) is 5.02 Å². The molecule has 0 radical (unpaired) electrons. The molecular formula is C24H27ClN4O. The summed E-state index contributed by atoms with van der Waals surface area (Å²) in [7, 11) is 1.90. The summed E-state index contributed by atoms with van der Waals surface area (Å²) in [6.45, 7) is 3.55. The van der Waals surface area contributed by atoms with Crippen LogP contribution in [0, 0.1) is 12.3 Å². The van der Waals surface area contributed by atoms with Crippen molar-refractivity contribution in [2.75, 3.05) is 25.6 Å². The zero-order valence-electron chi connectivity index (χ0n) is 17.3. The standard InChI is InChI=1S/C24H27ClN4O/c1-16-5-3-8-20(13-16)29-15-21(17-6-4-7-18(25)14-17)22(24(29)27-2)23(26)28-19-9-11-30-12-10-19/h3-8,13-15,19,27H,9-12H2,1-2H3,(H2,26,28). The van der Waals surface area contributed by atoms with E-state index in [9.17, 15) is 0 Å². The SMILES string of the molecule is CNc1c(C(=N)NC2CCOCC2)c(-c2cccc(Cl)c2)cn1-c1cccc(C)c1. The first-order valence-corrected chi connectivity index (χ1v) is 10.6. The van der Waals surface area contributed by atoms with Gasteiger partial charge in [-0.25, -0.2) is 0 Å². The van der Waals surface area contributed by atoms with Crippen molar-refractivity contribution in [3.8, 4) is 16.8 Å². The summed E-state index contributed by atoms with van der Waals surface area (Å²) in [5, 5.41) is 16.4. The van der Waals surface area contributed by atoms with Crippen LogP contribution in [0.15, 0.2) is 54.7 Å². The van der Waals surface area contributed by atoms with Crippen LogP contribution < -0.4 is 10.6 Å². The number of ether oxygens (including phenoxy) is 1. The number of nitrogens with zero attached hydrogens (tertiary/aromatic N) is 1. The minimum absolute atomic E-state index is 0.241. The number of nitrogens with one attached hydrogen (secondary N) is 3. The lowest BCUT2D eigenvalue weighted by molar-refractivity contribution is 0.0824. The number of anilines is 1. The molecule has 0 aliphatic carbocycles. The molecule has 4 rings (SSSR count). The highest BCUT2D eigenvalue weighted by Crippen LogP contribution is 2.35. The molecule has 30 heavy (non-hydrogen) atoms. The van der Waals surface area contributed by atoms with Crippen LogP contribution in [0.3, 0.4) is 0 Å². The van der Waals surface area contributed by atoms with E-state index in [0.29, 0.717) is 10.9 Å². The molecule has 156 valence electrons. The Morgan fingerprint density at radius 2 is 1.90 bits per heavy atom. The molecule has 0 bridgehead atoms. The third-order valence-corrected chi connectivity index (χ3v) is 5.71. The van der Waals surface area contributed by atoms with Gasteiger partial charge in [-0.05, 0) is 55.2 Å². The summed E-state index contributed by atoms with van der Waals surface area (Å²) in [5.74, 6) is 1.28. The van der Waals surface area contributed by atoms with Gasteiger partial charge in [0.2, 0.25) is 0 Å². The lowest BCUT2D eigenvalue weighted by atomic mass is 10.0. The van der Waals surface area contributed by atoms with E-state index < -0.39 is 0 Å². The Bertz CT molecular complexity index is 1050. The molecule has 1 fully saturated rings. The predicted molar refractivity (Wildman–Crippen MR) is 124 cm³/mol. The highest BCUT2D eigenvalue weighted by Gasteiger charge is 2.24. The fourth-order valence-electron chi connectivity index (χ4n) is 3.98. The molecule has 1 aliphatic heterocycles. The maximum Gasteiger partial charge on any atom is 0.130 e. The Morgan fingerprint density at radius 1 is 1.13 bits per heavy atom. The van der Waals surface area contributed by atoms with E-state index in [0.717, 1.165) is 54.3 Å². The molecule has 2 heterocycles. The number of halogens is 1. The molecule has 6 heteroatoms. The number of aromatic nitrogens is 1. The van der Waals surface area contributed by atoms with Gasteiger partial charge in [-0.1, -0.05) is 35.9 Å². The van der Waals surface area contributed by atoms with Crippen LogP contribution in [0.25, 0.3) is 16.8 Å². The van der Waals surface area contributed by atoms with Crippen molar-refractivity contribution in [3.05, 3.63) is 70.9 Å². The Morgan fingerprint density at radius 3 is 2.60 bits per heavy atom. The normalized spacial score (nSPS) is 14.5. The monoisotopic (exact) mass is 422 g/mol. The van der Waals surface area contributed by atoms with Crippen molar-refractivity contribution in [1.29, 1.82) is 5.41 Å². The second kappa shape index (κ2) is 8.94. The van der Waals surface area contributed by atoms with Gasteiger partial charge in [-0.3, -0.25) is 5.41 Å². The van der Waals surface area contributed by atoms with Crippen LogP contribution in [0.4, 0.5) is 5.82 Å². The van der Waals surface area contributed by atoms with Gasteiger partial charge in [-0.15, -0.1) is 0 Å². The predicted octanol–water partition coefficient (Wildman–Crippen LogP) is 5.24. The van der Waals surface area contributed by atoms with Gasteiger partial charge in [0.05, 0.1) is 5.56 Å². The van der Waals surface area contributed by atoms with Crippen LogP contribution in [0.5, 0.6) is 0 Å². The summed E-state index contributed by atoms with van der Waals surface area (Å²) in [6, 6.07) is 16.4. The molecule has 0 atom stereocenters. The highest BCUT2D eigenvalue weighted by atomic mass is 35.5. The Hall–Kier alpha value is -2.76. The summed E-state index contributed by atoms with van der Waals surface area (Å²) in [4.78, 5) is 0. The summed E-state index contributed by atoms with van der Waals surface area (Å²) >= 11 is 6.29. The molecule has 0 saturated carbocycles.